The van der Waals surface area contributed by atoms with Gasteiger partial charge in [-0.2, -0.15) is 0 Å². The van der Waals surface area contributed by atoms with Gasteiger partial charge in [0.25, 0.3) is 0 Å². The second-order valence-corrected chi connectivity index (χ2v) is 4.17. The van der Waals surface area contributed by atoms with E-state index in [1.807, 2.05) is 6.92 Å². The predicted molar refractivity (Wildman–Crippen MR) is 63.3 cm³/mol. The van der Waals surface area contributed by atoms with Crippen molar-refractivity contribution in [3.8, 4) is 0 Å². The summed E-state index contributed by atoms with van der Waals surface area (Å²) >= 11 is 2.16. The molecule has 0 unspecified atom stereocenters. The molecule has 15 heavy (non-hydrogen) atoms. The van der Waals surface area contributed by atoms with Gasteiger partial charge >= 0.3 is 0 Å². The highest BCUT2D eigenvalue weighted by atomic mass is 127. The van der Waals surface area contributed by atoms with E-state index in [0.717, 1.165) is 9.33 Å². The molecule has 0 aliphatic rings. The van der Waals surface area contributed by atoms with Crippen molar-refractivity contribution >= 4 is 28.5 Å². The third kappa shape index (κ3) is 2.88. The van der Waals surface area contributed by atoms with Crippen LogP contribution in [0.3, 0.4) is 0 Å². The molecule has 0 aromatic carbocycles. The first-order chi connectivity index (χ1) is 7.24. The Hall–Kier alpha value is -1.18. The maximum absolute atomic E-state index is 5.30. The van der Waals surface area contributed by atoms with Gasteiger partial charge in [-0.15, -0.1) is 0 Å². The highest BCUT2D eigenvalue weighted by molar-refractivity contribution is 14.1. The van der Waals surface area contributed by atoms with Crippen LogP contribution >= 0.6 is 22.6 Å². The van der Waals surface area contributed by atoms with Crippen LogP contribution in [-0.2, 0) is 6.54 Å². The molecule has 1 N–H and O–H groups in total. The monoisotopic (exact) mass is 316 g/mol. The molecule has 5 nitrogen and oxygen atoms in total. The van der Waals surface area contributed by atoms with E-state index in [1.165, 1.54) is 0 Å². The van der Waals surface area contributed by atoms with Crippen LogP contribution in [0.1, 0.15) is 11.7 Å². The van der Waals surface area contributed by atoms with Crippen LogP contribution in [-0.4, -0.2) is 15.0 Å². The average Bonchev–Trinajstić information content (AvgIpc) is 2.64. The molecule has 2 rings (SSSR count). The van der Waals surface area contributed by atoms with Gasteiger partial charge in [-0.1, -0.05) is 0 Å². The molecule has 0 spiro atoms. The van der Waals surface area contributed by atoms with Crippen molar-refractivity contribution in [3.05, 3.63) is 33.8 Å². The zero-order chi connectivity index (χ0) is 10.7. The van der Waals surface area contributed by atoms with Crippen LogP contribution in [0.25, 0.3) is 0 Å². The highest BCUT2D eigenvalue weighted by Crippen LogP contribution is 2.06. The SMILES string of the molecule is Cc1ncc(CNc2ncc(I)cn2)o1. The molecule has 0 aliphatic carbocycles. The third-order valence-corrected chi connectivity index (χ3v) is 2.27. The summed E-state index contributed by atoms with van der Waals surface area (Å²) < 4.78 is 6.31. The molecule has 2 aromatic heterocycles. The van der Waals surface area contributed by atoms with Gasteiger partial charge in [0.1, 0.15) is 5.76 Å². The first-order valence-electron chi connectivity index (χ1n) is 4.37. The molecule has 0 fully saturated rings. The summed E-state index contributed by atoms with van der Waals surface area (Å²) in [4.78, 5) is 12.2. The van der Waals surface area contributed by atoms with Gasteiger partial charge in [0.05, 0.1) is 12.7 Å². The fourth-order valence-corrected chi connectivity index (χ4v) is 1.34. The number of aryl methyl sites for hydroxylation is 1. The van der Waals surface area contributed by atoms with E-state index in [2.05, 4.69) is 42.9 Å². The highest BCUT2D eigenvalue weighted by Gasteiger charge is 2.00. The van der Waals surface area contributed by atoms with E-state index in [1.54, 1.807) is 18.6 Å². The van der Waals surface area contributed by atoms with Gasteiger partial charge in [-0.25, -0.2) is 15.0 Å². The lowest BCUT2D eigenvalue weighted by Crippen LogP contribution is -2.02. The number of hydrogen-bond acceptors (Lipinski definition) is 5. The summed E-state index contributed by atoms with van der Waals surface area (Å²) in [6.07, 6.45) is 5.19. The van der Waals surface area contributed by atoms with Crippen molar-refractivity contribution in [2.45, 2.75) is 13.5 Å². The summed E-state index contributed by atoms with van der Waals surface area (Å²) in [6.45, 7) is 2.35. The van der Waals surface area contributed by atoms with Crippen molar-refractivity contribution in [2.75, 3.05) is 5.32 Å². The lowest BCUT2D eigenvalue weighted by molar-refractivity contribution is 0.481. The van der Waals surface area contributed by atoms with Gasteiger partial charge in [-0.05, 0) is 22.6 Å². The van der Waals surface area contributed by atoms with Crippen molar-refractivity contribution in [3.63, 3.8) is 0 Å². The Morgan fingerprint density at radius 1 is 1.27 bits per heavy atom. The van der Waals surface area contributed by atoms with Crippen LogP contribution in [0.15, 0.2) is 23.0 Å². The minimum atomic E-state index is 0.543. The van der Waals surface area contributed by atoms with Crippen LogP contribution in [0.2, 0.25) is 0 Å². The van der Waals surface area contributed by atoms with Crippen molar-refractivity contribution < 1.29 is 4.42 Å². The van der Waals surface area contributed by atoms with Gasteiger partial charge in [0.15, 0.2) is 5.89 Å². The topological polar surface area (TPSA) is 63.8 Å². The Morgan fingerprint density at radius 2 is 2.00 bits per heavy atom. The Kier molecular flexibility index (Phi) is 3.14. The third-order valence-electron chi connectivity index (χ3n) is 1.71. The molecule has 0 saturated carbocycles. The van der Waals surface area contributed by atoms with E-state index in [0.29, 0.717) is 18.4 Å². The molecule has 0 bridgehead atoms. The van der Waals surface area contributed by atoms with Gasteiger partial charge in [0, 0.05) is 22.9 Å². The fraction of sp³-hybridized carbons (Fsp3) is 0.222. The molecule has 6 heteroatoms. The maximum atomic E-state index is 5.30. The van der Waals surface area contributed by atoms with Gasteiger partial charge in [-0.3, -0.25) is 0 Å². The minimum absolute atomic E-state index is 0.543. The Morgan fingerprint density at radius 3 is 2.60 bits per heavy atom. The second-order valence-electron chi connectivity index (χ2n) is 2.92. The quantitative estimate of drug-likeness (QED) is 0.878. The van der Waals surface area contributed by atoms with Crippen LogP contribution < -0.4 is 5.32 Å². The van der Waals surface area contributed by atoms with Crippen molar-refractivity contribution in [1.82, 2.24) is 15.0 Å². The summed E-state index contributed by atoms with van der Waals surface area (Å²) in [7, 11) is 0. The van der Waals surface area contributed by atoms with Gasteiger partial charge in [0.2, 0.25) is 5.95 Å². The zero-order valence-electron chi connectivity index (χ0n) is 8.07. The number of halogens is 1. The van der Waals surface area contributed by atoms with Crippen molar-refractivity contribution in [1.29, 1.82) is 0 Å². The molecule has 78 valence electrons. The molecule has 0 amide bonds. The Labute approximate surface area is 100 Å². The van der Waals surface area contributed by atoms with Crippen LogP contribution in [0.4, 0.5) is 5.95 Å². The minimum Gasteiger partial charge on any atom is -0.444 e. The Balaban J connectivity index is 1.96. The maximum Gasteiger partial charge on any atom is 0.223 e. The number of hydrogen-bond donors (Lipinski definition) is 1. The first-order valence-corrected chi connectivity index (χ1v) is 5.44. The molecule has 2 heterocycles. The van der Waals surface area contributed by atoms with E-state index in [9.17, 15) is 0 Å². The lowest BCUT2D eigenvalue weighted by atomic mass is 10.5. The average molecular weight is 316 g/mol. The smallest absolute Gasteiger partial charge is 0.223 e. The fourth-order valence-electron chi connectivity index (χ4n) is 1.06. The van der Waals surface area contributed by atoms with E-state index in [-0.39, 0.29) is 0 Å². The molecule has 2 aromatic rings. The Bertz CT molecular complexity index is 440. The summed E-state index contributed by atoms with van der Waals surface area (Å²) in [6, 6.07) is 0. The van der Waals surface area contributed by atoms with E-state index in [4.69, 9.17) is 4.42 Å². The standard InChI is InChI=1S/C9H9IN4O/c1-6-11-4-8(15-6)5-14-9-12-2-7(10)3-13-9/h2-4H,5H2,1H3,(H,12,13,14). The van der Waals surface area contributed by atoms with Crippen LogP contribution in [0.5, 0.6) is 0 Å². The second kappa shape index (κ2) is 4.56. The largest absolute Gasteiger partial charge is 0.444 e. The normalized spacial score (nSPS) is 10.3. The molecule has 0 radical (unpaired) electrons. The van der Waals surface area contributed by atoms with E-state index >= 15 is 0 Å². The zero-order valence-corrected chi connectivity index (χ0v) is 10.2. The number of nitrogens with zero attached hydrogens (tertiary/aromatic N) is 3. The summed E-state index contributed by atoms with van der Waals surface area (Å²) in [5, 5.41) is 3.04. The van der Waals surface area contributed by atoms with E-state index < -0.39 is 0 Å². The first kappa shape index (κ1) is 10.3. The molecule has 0 atom stereocenters. The number of anilines is 1. The number of rotatable bonds is 3. The molecule has 0 aliphatic heterocycles. The molecule has 0 saturated heterocycles. The summed E-state index contributed by atoms with van der Waals surface area (Å²) in [5.74, 6) is 2.02. The number of aromatic nitrogens is 3. The van der Waals surface area contributed by atoms with Crippen LogP contribution in [0, 0.1) is 10.5 Å². The molecular formula is C9H9IN4O. The van der Waals surface area contributed by atoms with Crippen molar-refractivity contribution in [2.24, 2.45) is 0 Å². The number of oxazole rings is 1. The van der Waals surface area contributed by atoms with Gasteiger partial charge < -0.3 is 9.73 Å². The lowest BCUT2D eigenvalue weighted by Gasteiger charge is -2.00. The molecular weight excluding hydrogens is 307 g/mol. The predicted octanol–water partition coefficient (Wildman–Crippen LogP) is 1.99. The summed E-state index contributed by atoms with van der Waals surface area (Å²) in [5.41, 5.74) is 0. The number of nitrogens with one attached hydrogen (secondary N) is 1.